The van der Waals surface area contributed by atoms with Gasteiger partial charge in [-0.05, 0) is 12.1 Å². The lowest BCUT2D eigenvalue weighted by Crippen LogP contribution is -2.30. The third-order valence-corrected chi connectivity index (χ3v) is 2.78. The number of hydrogen-bond acceptors (Lipinski definition) is 2. The van der Waals surface area contributed by atoms with Gasteiger partial charge in [0.1, 0.15) is 0 Å². The average Bonchev–Trinajstić information content (AvgIpc) is 2.52. The number of hydrogen-bond donors (Lipinski definition) is 3. The van der Waals surface area contributed by atoms with Gasteiger partial charge >= 0.3 is 0 Å². The number of aromatic nitrogens is 1. The predicted molar refractivity (Wildman–Crippen MR) is 58.2 cm³/mol. The van der Waals surface area contributed by atoms with E-state index in [1.165, 1.54) is 6.08 Å². The fourth-order valence-electron chi connectivity index (χ4n) is 2.09. The smallest absolute Gasteiger partial charge is 0.188 e. The molecule has 3 heteroatoms. The summed E-state index contributed by atoms with van der Waals surface area (Å²) < 4.78 is 0. The average molecular weight is 201 g/mol. The monoisotopic (exact) mass is 201 g/mol. The van der Waals surface area contributed by atoms with Gasteiger partial charge in [0.05, 0.1) is 0 Å². The normalized spacial score (nSPS) is 18.0. The van der Waals surface area contributed by atoms with Crippen LogP contribution in [0, 0.1) is 0 Å². The van der Waals surface area contributed by atoms with Crippen LogP contribution in [0.4, 0.5) is 0 Å². The molecule has 0 saturated heterocycles. The van der Waals surface area contributed by atoms with Gasteiger partial charge in [0.2, 0.25) is 0 Å². The third kappa shape index (κ3) is 1.28. The Kier molecular flexibility index (Phi) is 1.58. The highest BCUT2D eigenvalue weighted by Crippen LogP contribution is 2.30. The molecule has 76 valence electrons. The van der Waals surface area contributed by atoms with Crippen molar-refractivity contribution < 1.29 is 10.2 Å². The van der Waals surface area contributed by atoms with Gasteiger partial charge in [-0.1, -0.05) is 24.3 Å². The summed E-state index contributed by atoms with van der Waals surface area (Å²) >= 11 is 0. The number of para-hydroxylation sites is 1. The lowest BCUT2D eigenvalue weighted by Gasteiger charge is -2.20. The van der Waals surface area contributed by atoms with Crippen LogP contribution in [0.1, 0.15) is 11.3 Å². The van der Waals surface area contributed by atoms with Crippen molar-refractivity contribution in [2.45, 2.75) is 12.2 Å². The van der Waals surface area contributed by atoms with Crippen molar-refractivity contribution in [3.8, 4) is 0 Å². The number of benzene rings is 1. The molecule has 2 aromatic rings. The van der Waals surface area contributed by atoms with Crippen molar-refractivity contribution in [3.63, 3.8) is 0 Å². The Balaban J connectivity index is 2.28. The molecular formula is C12H11NO2. The summed E-state index contributed by atoms with van der Waals surface area (Å²) in [5, 5.41) is 20.1. The molecule has 0 radical (unpaired) electrons. The molecule has 1 aliphatic carbocycles. The molecule has 15 heavy (non-hydrogen) atoms. The van der Waals surface area contributed by atoms with Gasteiger partial charge < -0.3 is 15.2 Å². The van der Waals surface area contributed by atoms with Crippen LogP contribution >= 0.6 is 0 Å². The van der Waals surface area contributed by atoms with Crippen molar-refractivity contribution in [3.05, 3.63) is 41.6 Å². The first-order valence-corrected chi connectivity index (χ1v) is 4.89. The van der Waals surface area contributed by atoms with Crippen LogP contribution < -0.4 is 0 Å². The number of H-pyrrole nitrogens is 1. The van der Waals surface area contributed by atoms with Gasteiger partial charge in [-0.3, -0.25) is 0 Å². The summed E-state index contributed by atoms with van der Waals surface area (Å²) in [4.78, 5) is 3.20. The molecule has 0 unspecified atom stereocenters. The maximum atomic E-state index is 9.50. The molecule has 0 bridgehead atoms. The summed E-state index contributed by atoms with van der Waals surface area (Å²) in [5.41, 5.74) is 2.97. The van der Waals surface area contributed by atoms with Crippen molar-refractivity contribution in [1.82, 2.24) is 4.98 Å². The van der Waals surface area contributed by atoms with E-state index in [0.29, 0.717) is 0 Å². The Morgan fingerprint density at radius 3 is 2.87 bits per heavy atom. The first-order chi connectivity index (χ1) is 7.16. The van der Waals surface area contributed by atoms with Crippen molar-refractivity contribution in [2.75, 3.05) is 0 Å². The zero-order valence-corrected chi connectivity index (χ0v) is 8.07. The number of aliphatic hydroxyl groups is 2. The number of nitrogens with one attached hydrogen (secondary N) is 1. The highest BCUT2D eigenvalue weighted by molar-refractivity contribution is 5.91. The van der Waals surface area contributed by atoms with Crippen LogP contribution in [-0.2, 0) is 6.42 Å². The van der Waals surface area contributed by atoms with E-state index in [9.17, 15) is 10.2 Å². The lowest BCUT2D eigenvalue weighted by molar-refractivity contribution is -0.117. The SMILES string of the molecule is OC1(O)C=Cc2c([nH]c3ccccc23)C1. The quantitative estimate of drug-likeness (QED) is 0.564. The molecule has 1 aromatic carbocycles. The number of aromatic amines is 1. The minimum Gasteiger partial charge on any atom is -0.362 e. The highest BCUT2D eigenvalue weighted by atomic mass is 16.5. The second-order valence-corrected chi connectivity index (χ2v) is 3.95. The maximum Gasteiger partial charge on any atom is 0.188 e. The Bertz CT molecular complexity index is 552. The van der Waals surface area contributed by atoms with Gasteiger partial charge in [0, 0.05) is 28.6 Å². The molecule has 0 saturated carbocycles. The second-order valence-electron chi connectivity index (χ2n) is 3.95. The van der Waals surface area contributed by atoms with Gasteiger partial charge in [-0.15, -0.1) is 0 Å². The standard InChI is InChI=1S/C12H11NO2/c14-12(15)6-5-9-8-3-1-2-4-10(8)13-11(9)7-12/h1-6,13-15H,7H2. The van der Waals surface area contributed by atoms with Crippen molar-refractivity contribution >= 4 is 17.0 Å². The van der Waals surface area contributed by atoms with Gasteiger partial charge in [-0.2, -0.15) is 0 Å². The molecule has 0 fully saturated rings. The minimum atomic E-state index is -1.71. The van der Waals surface area contributed by atoms with E-state index in [4.69, 9.17) is 0 Å². The Hall–Kier alpha value is -1.58. The Morgan fingerprint density at radius 1 is 1.20 bits per heavy atom. The van der Waals surface area contributed by atoms with E-state index in [-0.39, 0.29) is 6.42 Å². The second kappa shape index (κ2) is 2.72. The summed E-state index contributed by atoms with van der Waals surface area (Å²) in [6.07, 6.45) is 3.40. The molecule has 3 nitrogen and oxygen atoms in total. The first kappa shape index (κ1) is 8.71. The zero-order valence-electron chi connectivity index (χ0n) is 8.07. The Morgan fingerprint density at radius 2 is 2.00 bits per heavy atom. The van der Waals surface area contributed by atoms with E-state index < -0.39 is 5.79 Å². The minimum absolute atomic E-state index is 0.216. The van der Waals surface area contributed by atoms with Crippen LogP contribution in [0.3, 0.4) is 0 Å². The summed E-state index contributed by atoms with van der Waals surface area (Å²) in [6.45, 7) is 0. The van der Waals surface area contributed by atoms with Gasteiger partial charge in [0.25, 0.3) is 0 Å². The fourth-order valence-corrected chi connectivity index (χ4v) is 2.09. The zero-order chi connectivity index (χ0) is 10.5. The maximum absolute atomic E-state index is 9.50. The third-order valence-electron chi connectivity index (χ3n) is 2.78. The van der Waals surface area contributed by atoms with Crippen LogP contribution in [0.2, 0.25) is 0 Å². The molecule has 0 atom stereocenters. The van der Waals surface area contributed by atoms with E-state index in [2.05, 4.69) is 4.98 Å². The van der Waals surface area contributed by atoms with Crippen molar-refractivity contribution in [2.24, 2.45) is 0 Å². The summed E-state index contributed by atoms with van der Waals surface area (Å²) in [6, 6.07) is 7.94. The molecule has 1 heterocycles. The predicted octanol–water partition coefficient (Wildman–Crippen LogP) is 1.42. The molecule has 0 spiro atoms. The molecule has 0 aliphatic heterocycles. The number of rotatable bonds is 0. The highest BCUT2D eigenvalue weighted by Gasteiger charge is 2.26. The first-order valence-electron chi connectivity index (χ1n) is 4.89. The topological polar surface area (TPSA) is 56.2 Å². The van der Waals surface area contributed by atoms with Crippen LogP contribution in [0.5, 0.6) is 0 Å². The summed E-state index contributed by atoms with van der Waals surface area (Å²) in [7, 11) is 0. The summed E-state index contributed by atoms with van der Waals surface area (Å²) in [5.74, 6) is -1.71. The van der Waals surface area contributed by atoms with Crippen molar-refractivity contribution in [1.29, 1.82) is 0 Å². The van der Waals surface area contributed by atoms with E-state index in [1.54, 1.807) is 6.08 Å². The number of fused-ring (bicyclic) bond motifs is 3. The van der Waals surface area contributed by atoms with Gasteiger partial charge in [-0.25, -0.2) is 0 Å². The van der Waals surface area contributed by atoms with Gasteiger partial charge in [0.15, 0.2) is 5.79 Å². The van der Waals surface area contributed by atoms with Crippen LogP contribution in [0.15, 0.2) is 30.3 Å². The lowest BCUT2D eigenvalue weighted by atomic mass is 9.98. The molecule has 3 N–H and O–H groups in total. The molecule has 1 aliphatic rings. The molecular weight excluding hydrogens is 190 g/mol. The van der Waals surface area contributed by atoms with E-state index >= 15 is 0 Å². The fraction of sp³-hybridized carbons (Fsp3) is 0.167. The van der Waals surface area contributed by atoms with E-state index in [1.807, 2.05) is 24.3 Å². The molecule has 1 aromatic heterocycles. The van der Waals surface area contributed by atoms with Crippen LogP contribution in [0.25, 0.3) is 17.0 Å². The van der Waals surface area contributed by atoms with Crippen LogP contribution in [-0.4, -0.2) is 21.0 Å². The van der Waals surface area contributed by atoms with E-state index in [0.717, 1.165) is 22.2 Å². The molecule has 3 rings (SSSR count). The largest absolute Gasteiger partial charge is 0.362 e. The molecule has 0 amide bonds. The Labute approximate surface area is 86.7 Å².